The summed E-state index contributed by atoms with van der Waals surface area (Å²) < 4.78 is 5.10. The number of amides is 2. The van der Waals surface area contributed by atoms with Crippen LogP contribution in [0.4, 0.5) is 10.5 Å². The van der Waals surface area contributed by atoms with Crippen LogP contribution in [0.2, 0.25) is 25.7 Å². The summed E-state index contributed by atoms with van der Waals surface area (Å²) in [5.41, 5.74) is 1.80. The molecule has 0 aliphatic carbocycles. The van der Waals surface area contributed by atoms with Crippen LogP contribution in [0, 0.1) is 0 Å². The predicted octanol–water partition coefficient (Wildman–Crippen LogP) is 3.59. The Hall–Kier alpha value is -3.27. The van der Waals surface area contributed by atoms with Crippen LogP contribution in [-0.4, -0.2) is 83.8 Å². The summed E-state index contributed by atoms with van der Waals surface area (Å²) in [5.74, 6) is -1.55. The van der Waals surface area contributed by atoms with E-state index in [9.17, 15) is 19.2 Å². The Morgan fingerprint density at radius 3 is 2.54 bits per heavy atom. The zero-order valence-electron chi connectivity index (χ0n) is 21.9. The number of carboxylic acid groups (broad SMARTS) is 1. The molecule has 2 aliphatic rings. The molecule has 0 radical (unpaired) electrons. The number of nitrogens with one attached hydrogen (secondary N) is 2. The fourth-order valence-corrected chi connectivity index (χ4v) is 4.84. The summed E-state index contributed by atoms with van der Waals surface area (Å²) >= 11 is 2.10. The number of aliphatic carboxylic acids is 1. The lowest BCUT2D eigenvalue weighted by Crippen LogP contribution is -2.41. The van der Waals surface area contributed by atoms with Crippen molar-refractivity contribution in [3.63, 3.8) is 0 Å². The van der Waals surface area contributed by atoms with Crippen molar-refractivity contribution in [1.29, 1.82) is 0 Å². The van der Waals surface area contributed by atoms with Gasteiger partial charge in [-0.3, -0.25) is 24.7 Å². The molecule has 2 heterocycles. The van der Waals surface area contributed by atoms with E-state index in [0.29, 0.717) is 17.7 Å². The van der Waals surface area contributed by atoms with Gasteiger partial charge in [-0.15, -0.1) is 0 Å². The van der Waals surface area contributed by atoms with Crippen LogP contribution in [-0.2, 0) is 14.3 Å². The van der Waals surface area contributed by atoms with Crippen molar-refractivity contribution < 1.29 is 29.0 Å². The van der Waals surface area contributed by atoms with Gasteiger partial charge in [-0.25, -0.2) is 9.79 Å². The second-order valence-corrected chi connectivity index (χ2v) is 17.6. The molecular weight excluding hydrogens is 635 g/mol. The number of guanidine groups is 1. The Labute approximate surface area is 240 Å². The molecule has 2 amide bonds. The minimum Gasteiger partial charge on any atom is -0.481 e. The first-order valence-corrected chi connectivity index (χ1v) is 17.3. The maximum atomic E-state index is 12.5. The van der Waals surface area contributed by atoms with Crippen molar-refractivity contribution in [3.8, 4) is 0 Å². The number of halogens is 1. The zero-order valence-corrected chi connectivity index (χ0v) is 25.1. The van der Waals surface area contributed by atoms with Crippen LogP contribution < -0.4 is 10.6 Å². The number of alkyl halides is 1. The van der Waals surface area contributed by atoms with E-state index < -0.39 is 32.1 Å². The van der Waals surface area contributed by atoms with Crippen molar-refractivity contribution in [1.82, 2.24) is 5.32 Å². The third kappa shape index (κ3) is 10.1. The number of nitrogens with zero attached hydrogens (tertiary/aromatic N) is 4. The summed E-state index contributed by atoms with van der Waals surface area (Å²) in [6.07, 6.45) is 1.51. The number of benzene rings is 1. The van der Waals surface area contributed by atoms with Gasteiger partial charge in [0.25, 0.3) is 5.91 Å². The molecule has 2 atom stereocenters. The van der Waals surface area contributed by atoms with Crippen LogP contribution in [0.1, 0.15) is 29.6 Å². The quantitative estimate of drug-likeness (QED) is 0.132. The molecule has 0 spiro atoms. The van der Waals surface area contributed by atoms with Gasteiger partial charge in [-0.1, -0.05) is 42.2 Å². The maximum Gasteiger partial charge on any atom is 0.414 e. The van der Waals surface area contributed by atoms with Gasteiger partial charge in [0.15, 0.2) is 17.7 Å². The normalized spacial score (nSPS) is 17.3. The Balaban J connectivity index is 1.49. The highest BCUT2D eigenvalue weighted by atomic mass is 127. The molecule has 0 saturated heterocycles. The van der Waals surface area contributed by atoms with Gasteiger partial charge in [-0.2, -0.15) is 9.98 Å². The maximum absolute atomic E-state index is 12.5. The number of carboxylic acids is 1. The summed E-state index contributed by atoms with van der Waals surface area (Å²) in [6, 6.07) is 6.76. The first-order valence-electron chi connectivity index (χ1n) is 12.4. The minimum atomic E-state index is -1.35. The molecule has 3 rings (SSSR count). The Morgan fingerprint density at radius 1 is 1.15 bits per heavy atom. The van der Waals surface area contributed by atoms with Crippen LogP contribution in [0.15, 0.2) is 44.2 Å². The molecule has 12 nitrogen and oxygen atoms in total. The van der Waals surface area contributed by atoms with Gasteiger partial charge in [-0.05, 0) is 36.7 Å². The van der Waals surface area contributed by atoms with E-state index in [1.807, 2.05) is 0 Å². The molecule has 14 heteroatoms. The lowest BCUT2D eigenvalue weighted by atomic mass is 10.0. The monoisotopic (exact) mass is 666 g/mol. The van der Waals surface area contributed by atoms with Crippen molar-refractivity contribution in [2.24, 2.45) is 20.0 Å². The molecule has 0 aromatic heterocycles. The fourth-order valence-electron chi connectivity index (χ4n) is 3.42. The molecule has 208 valence electrons. The second kappa shape index (κ2) is 13.7. The number of anilines is 1. The van der Waals surface area contributed by atoms with E-state index in [2.05, 4.69) is 72.8 Å². The zero-order chi connectivity index (χ0) is 28.6. The average Bonchev–Trinajstić information content (AvgIpc) is 2.86. The summed E-state index contributed by atoms with van der Waals surface area (Å²) in [7, 11) is -1.35. The van der Waals surface area contributed by atoms with Crippen LogP contribution in [0.5, 0.6) is 0 Å². The van der Waals surface area contributed by atoms with Gasteiger partial charge in [0.05, 0.1) is 25.1 Å². The molecule has 2 aliphatic heterocycles. The number of ether oxygens (including phenoxy) is 1. The lowest BCUT2D eigenvalue weighted by molar-refractivity contribution is -0.137. The third-order valence-electron chi connectivity index (χ3n) is 5.61. The lowest BCUT2D eigenvalue weighted by Gasteiger charge is -2.19. The van der Waals surface area contributed by atoms with E-state index >= 15 is 0 Å². The molecule has 1 aromatic carbocycles. The Morgan fingerprint density at radius 2 is 1.87 bits per heavy atom. The number of alkyl carbamates (subject to hydrolysis) is 1. The number of Topliss-reactive ketones (excluding diaryl/α,β-unsaturated/α-hetero) is 1. The van der Waals surface area contributed by atoms with E-state index in [1.54, 1.807) is 24.3 Å². The molecule has 1 aromatic rings. The predicted molar refractivity (Wildman–Crippen MR) is 161 cm³/mol. The number of carbonyl (C=O) groups is 4. The number of hydrogen-bond acceptors (Lipinski definition) is 9. The average molecular weight is 667 g/mol. The van der Waals surface area contributed by atoms with Crippen LogP contribution in [0.3, 0.4) is 0 Å². The molecule has 0 saturated carbocycles. The van der Waals surface area contributed by atoms with E-state index in [4.69, 9.17) is 9.84 Å². The standard InChI is InChI=1S/C25H31IN6O6Si/c1-39(2,3)11-10-38-25(37)32-24-30-22-21(23(36)31-24)29-18(14-28-22)13-27-17-7-4-15(5-8-17)19(33)12-16(26)6-9-20(34)35/h4-5,7-8,14,16,21,27H,6,9-13H2,1-3H3,(H,34,35)(H,31,32,36,37). The van der Waals surface area contributed by atoms with Gasteiger partial charge in [0, 0.05) is 36.1 Å². The summed E-state index contributed by atoms with van der Waals surface area (Å²) in [4.78, 5) is 64.2. The Kier molecular flexibility index (Phi) is 10.6. The minimum absolute atomic E-state index is 0.0364. The van der Waals surface area contributed by atoms with Crippen molar-refractivity contribution in [2.75, 3.05) is 18.5 Å². The number of aliphatic imine (C=N–C) groups is 4. The number of hydrogen-bond donors (Lipinski definition) is 3. The number of ketones is 1. The highest BCUT2D eigenvalue weighted by molar-refractivity contribution is 14.1. The molecular formula is C25H31IN6O6Si. The van der Waals surface area contributed by atoms with Crippen LogP contribution in [0.25, 0.3) is 0 Å². The molecule has 0 fully saturated rings. The van der Waals surface area contributed by atoms with Crippen molar-refractivity contribution >= 4 is 83.8 Å². The number of amidine groups is 1. The highest BCUT2D eigenvalue weighted by Crippen LogP contribution is 2.18. The van der Waals surface area contributed by atoms with E-state index in [-0.39, 0.29) is 47.5 Å². The number of carbonyl (C=O) groups excluding carboxylic acids is 3. The van der Waals surface area contributed by atoms with Crippen molar-refractivity contribution in [2.45, 2.75) is 54.9 Å². The summed E-state index contributed by atoms with van der Waals surface area (Å²) in [6.45, 7) is 7.08. The van der Waals surface area contributed by atoms with E-state index in [1.165, 1.54) is 6.21 Å². The van der Waals surface area contributed by atoms with Crippen molar-refractivity contribution in [3.05, 3.63) is 29.8 Å². The van der Waals surface area contributed by atoms with Gasteiger partial charge >= 0.3 is 12.1 Å². The first kappa shape index (κ1) is 30.3. The molecule has 2 unspecified atom stereocenters. The van der Waals surface area contributed by atoms with Crippen LogP contribution >= 0.6 is 22.6 Å². The SMILES string of the molecule is C[Si](C)(C)CCOC(=O)NC1=NC(=O)C2N=C(CNc3ccc(C(=O)CC(I)CCC(=O)O)cc3)C=NC2=N1. The van der Waals surface area contributed by atoms with E-state index in [0.717, 1.165) is 11.7 Å². The highest BCUT2D eigenvalue weighted by Gasteiger charge is 2.31. The third-order valence-corrected chi connectivity index (χ3v) is 8.38. The van der Waals surface area contributed by atoms with Gasteiger partial charge in [0.2, 0.25) is 5.96 Å². The summed E-state index contributed by atoms with van der Waals surface area (Å²) in [5, 5.41) is 14.3. The second-order valence-electron chi connectivity index (χ2n) is 10.2. The first-order chi connectivity index (χ1) is 18.4. The number of fused-ring (bicyclic) bond motifs is 1. The molecule has 3 N–H and O–H groups in total. The van der Waals surface area contributed by atoms with Gasteiger partial charge in [0.1, 0.15) is 0 Å². The number of rotatable bonds is 12. The molecule has 0 bridgehead atoms. The topological polar surface area (TPSA) is 171 Å². The Bertz CT molecular complexity index is 1240. The fraction of sp³-hybridized carbons (Fsp3) is 0.440. The largest absolute Gasteiger partial charge is 0.481 e. The van der Waals surface area contributed by atoms with Gasteiger partial charge < -0.3 is 15.2 Å². The molecule has 39 heavy (non-hydrogen) atoms. The smallest absolute Gasteiger partial charge is 0.414 e.